The highest BCUT2D eigenvalue weighted by atomic mass is 16.5. The van der Waals surface area contributed by atoms with Gasteiger partial charge < -0.3 is 14.4 Å². The number of hydrogen-bond acceptors (Lipinski definition) is 2. The van der Waals surface area contributed by atoms with E-state index in [2.05, 4.69) is 0 Å². The van der Waals surface area contributed by atoms with Crippen LogP contribution >= 0.6 is 0 Å². The monoisotopic (exact) mass is 309 g/mol. The summed E-state index contributed by atoms with van der Waals surface area (Å²) >= 11 is 0. The fourth-order valence-electron chi connectivity index (χ4n) is 2.72. The molecule has 0 saturated heterocycles. The van der Waals surface area contributed by atoms with Crippen molar-refractivity contribution >= 4 is 16.9 Å². The molecule has 1 aromatic heterocycles. The predicted octanol–water partition coefficient (Wildman–Crippen LogP) is 3.77. The Balaban J connectivity index is 1.82. The molecular formula is C19H19NO3. The van der Waals surface area contributed by atoms with Crippen molar-refractivity contribution in [3.05, 3.63) is 65.9 Å². The average Bonchev–Trinajstić information content (AvgIpc) is 2.88. The van der Waals surface area contributed by atoms with Crippen LogP contribution in [-0.2, 0) is 24.9 Å². The molecule has 3 aromatic rings. The van der Waals surface area contributed by atoms with E-state index in [0.29, 0.717) is 13.0 Å². The summed E-state index contributed by atoms with van der Waals surface area (Å²) in [6.45, 7) is 0.517. The molecule has 0 aliphatic heterocycles. The molecule has 0 aliphatic rings. The van der Waals surface area contributed by atoms with Crippen molar-refractivity contribution in [1.29, 1.82) is 0 Å². The fraction of sp³-hybridized carbons (Fsp3) is 0.211. The van der Waals surface area contributed by atoms with Crippen LogP contribution in [0.4, 0.5) is 0 Å². The van der Waals surface area contributed by atoms with Crippen LogP contribution in [0.1, 0.15) is 17.5 Å². The molecule has 118 valence electrons. The standard InChI is InChI=1S/C19H19NO3/c1-20-12-15(7-10-19(21)22)17-11-16(8-9-18(17)20)23-13-14-5-3-2-4-6-14/h2-6,8-9,11-12H,7,10,13H2,1H3,(H,21,22). The predicted molar refractivity (Wildman–Crippen MR) is 89.6 cm³/mol. The molecule has 23 heavy (non-hydrogen) atoms. The number of benzene rings is 2. The second kappa shape index (κ2) is 6.57. The fourth-order valence-corrected chi connectivity index (χ4v) is 2.72. The van der Waals surface area contributed by atoms with Gasteiger partial charge >= 0.3 is 5.97 Å². The molecule has 0 fully saturated rings. The Hall–Kier alpha value is -2.75. The summed E-state index contributed by atoms with van der Waals surface area (Å²) in [5.41, 5.74) is 3.24. The lowest BCUT2D eigenvalue weighted by Gasteiger charge is -2.07. The van der Waals surface area contributed by atoms with Gasteiger partial charge in [0.25, 0.3) is 0 Å². The first-order valence-corrected chi connectivity index (χ1v) is 7.60. The highest BCUT2D eigenvalue weighted by Crippen LogP contribution is 2.27. The lowest BCUT2D eigenvalue weighted by molar-refractivity contribution is -0.136. The first-order chi connectivity index (χ1) is 11.1. The minimum atomic E-state index is -0.779. The first kappa shape index (κ1) is 15.2. The lowest BCUT2D eigenvalue weighted by atomic mass is 10.1. The zero-order chi connectivity index (χ0) is 16.2. The third kappa shape index (κ3) is 3.54. The van der Waals surface area contributed by atoms with Crippen molar-refractivity contribution in [3.63, 3.8) is 0 Å². The van der Waals surface area contributed by atoms with E-state index in [9.17, 15) is 4.79 Å². The van der Waals surface area contributed by atoms with Gasteiger partial charge in [-0.25, -0.2) is 0 Å². The smallest absolute Gasteiger partial charge is 0.303 e. The molecule has 0 amide bonds. The number of nitrogens with zero attached hydrogens (tertiary/aromatic N) is 1. The first-order valence-electron chi connectivity index (χ1n) is 7.60. The number of carboxylic acid groups (broad SMARTS) is 1. The maximum absolute atomic E-state index is 10.8. The summed E-state index contributed by atoms with van der Waals surface area (Å²) < 4.78 is 7.89. The van der Waals surface area contributed by atoms with E-state index in [-0.39, 0.29) is 6.42 Å². The summed E-state index contributed by atoms with van der Waals surface area (Å²) in [4.78, 5) is 10.8. The van der Waals surface area contributed by atoms with Crippen molar-refractivity contribution in [3.8, 4) is 5.75 Å². The highest BCUT2D eigenvalue weighted by molar-refractivity contribution is 5.85. The Morgan fingerprint density at radius 1 is 1.17 bits per heavy atom. The Morgan fingerprint density at radius 3 is 2.70 bits per heavy atom. The summed E-state index contributed by atoms with van der Waals surface area (Å²) in [5.74, 6) is 0.0163. The molecule has 0 unspecified atom stereocenters. The van der Waals surface area contributed by atoms with Gasteiger partial charge in [0, 0.05) is 30.6 Å². The van der Waals surface area contributed by atoms with Crippen LogP contribution in [0.5, 0.6) is 5.75 Å². The minimum Gasteiger partial charge on any atom is -0.489 e. The van der Waals surface area contributed by atoms with E-state index in [1.165, 1.54) is 0 Å². The summed E-state index contributed by atoms with van der Waals surface area (Å²) in [6, 6.07) is 16.0. The highest BCUT2D eigenvalue weighted by Gasteiger charge is 2.09. The molecule has 3 rings (SSSR count). The minimum absolute atomic E-state index is 0.133. The van der Waals surface area contributed by atoms with Gasteiger partial charge in [-0.15, -0.1) is 0 Å². The largest absolute Gasteiger partial charge is 0.489 e. The number of ether oxygens (including phenoxy) is 1. The molecule has 0 spiro atoms. The van der Waals surface area contributed by atoms with Crippen molar-refractivity contribution in [2.75, 3.05) is 0 Å². The van der Waals surface area contributed by atoms with Gasteiger partial charge in [-0.2, -0.15) is 0 Å². The van der Waals surface area contributed by atoms with Gasteiger partial charge in [-0.3, -0.25) is 4.79 Å². The number of aromatic nitrogens is 1. The zero-order valence-electron chi connectivity index (χ0n) is 13.0. The molecule has 0 aliphatic carbocycles. The van der Waals surface area contributed by atoms with Gasteiger partial charge in [-0.05, 0) is 35.7 Å². The van der Waals surface area contributed by atoms with E-state index in [4.69, 9.17) is 9.84 Å². The number of aryl methyl sites for hydroxylation is 2. The van der Waals surface area contributed by atoms with Crippen LogP contribution in [0.3, 0.4) is 0 Å². The number of aliphatic carboxylic acids is 1. The molecule has 0 atom stereocenters. The van der Waals surface area contributed by atoms with Crippen LogP contribution in [0.2, 0.25) is 0 Å². The van der Waals surface area contributed by atoms with E-state index in [1.807, 2.05) is 66.3 Å². The molecule has 2 aromatic carbocycles. The second-order valence-electron chi connectivity index (χ2n) is 5.61. The number of carbonyl (C=O) groups is 1. The zero-order valence-corrected chi connectivity index (χ0v) is 13.0. The third-order valence-electron chi connectivity index (χ3n) is 3.90. The number of carboxylic acids is 1. The molecule has 4 heteroatoms. The van der Waals surface area contributed by atoms with Gasteiger partial charge in [0.05, 0.1) is 0 Å². The second-order valence-corrected chi connectivity index (χ2v) is 5.61. The Kier molecular flexibility index (Phi) is 4.33. The van der Waals surface area contributed by atoms with E-state index < -0.39 is 5.97 Å². The van der Waals surface area contributed by atoms with Crippen molar-refractivity contribution in [2.24, 2.45) is 7.05 Å². The van der Waals surface area contributed by atoms with Crippen molar-refractivity contribution in [1.82, 2.24) is 4.57 Å². The van der Waals surface area contributed by atoms with Gasteiger partial charge in [0.15, 0.2) is 0 Å². The Labute approximate surface area is 134 Å². The van der Waals surface area contributed by atoms with E-state index in [1.54, 1.807) is 0 Å². The SMILES string of the molecule is Cn1cc(CCC(=O)O)c2cc(OCc3ccccc3)ccc21. The number of rotatable bonds is 6. The molecule has 0 bridgehead atoms. The molecule has 0 saturated carbocycles. The average molecular weight is 309 g/mol. The molecular weight excluding hydrogens is 290 g/mol. The van der Waals surface area contributed by atoms with E-state index in [0.717, 1.165) is 27.8 Å². The molecule has 1 N–H and O–H groups in total. The van der Waals surface area contributed by atoms with Crippen LogP contribution in [-0.4, -0.2) is 15.6 Å². The van der Waals surface area contributed by atoms with Gasteiger partial charge in [0.1, 0.15) is 12.4 Å². The summed E-state index contributed by atoms with van der Waals surface area (Å²) in [7, 11) is 1.97. The molecule has 4 nitrogen and oxygen atoms in total. The van der Waals surface area contributed by atoms with Crippen LogP contribution in [0.25, 0.3) is 10.9 Å². The Bertz CT molecular complexity index is 821. The molecule has 0 radical (unpaired) electrons. The van der Waals surface area contributed by atoms with E-state index >= 15 is 0 Å². The van der Waals surface area contributed by atoms with Gasteiger partial charge in [-0.1, -0.05) is 30.3 Å². The van der Waals surface area contributed by atoms with Gasteiger partial charge in [0.2, 0.25) is 0 Å². The maximum atomic E-state index is 10.8. The lowest BCUT2D eigenvalue weighted by Crippen LogP contribution is -1.97. The Morgan fingerprint density at radius 2 is 1.96 bits per heavy atom. The van der Waals surface area contributed by atoms with Crippen molar-refractivity contribution in [2.45, 2.75) is 19.4 Å². The normalized spacial score (nSPS) is 10.8. The number of hydrogen-bond donors (Lipinski definition) is 1. The van der Waals surface area contributed by atoms with Crippen LogP contribution in [0, 0.1) is 0 Å². The number of fused-ring (bicyclic) bond motifs is 1. The molecule has 1 heterocycles. The quantitative estimate of drug-likeness (QED) is 0.754. The van der Waals surface area contributed by atoms with Crippen LogP contribution in [0.15, 0.2) is 54.7 Å². The third-order valence-corrected chi connectivity index (χ3v) is 3.90. The topological polar surface area (TPSA) is 51.5 Å². The van der Waals surface area contributed by atoms with Crippen LogP contribution < -0.4 is 4.74 Å². The summed E-state index contributed by atoms with van der Waals surface area (Å²) in [5, 5.41) is 9.94. The van der Waals surface area contributed by atoms with Crippen molar-refractivity contribution < 1.29 is 14.6 Å². The summed E-state index contributed by atoms with van der Waals surface area (Å²) in [6.07, 6.45) is 2.65. The maximum Gasteiger partial charge on any atom is 0.303 e.